The zero-order valence-electron chi connectivity index (χ0n) is 13.6. The molecule has 0 fully saturated rings. The molecular formula is C17H23ClN2O4. The van der Waals surface area contributed by atoms with Gasteiger partial charge in [-0.25, -0.2) is 0 Å². The van der Waals surface area contributed by atoms with Crippen molar-refractivity contribution in [3.05, 3.63) is 53.5 Å². The number of nitrogens with two attached hydrogens (primary N) is 1. The van der Waals surface area contributed by atoms with Gasteiger partial charge in [0.1, 0.15) is 17.8 Å². The zero-order valence-corrected chi connectivity index (χ0v) is 14.4. The molecule has 0 atom stereocenters. The third kappa shape index (κ3) is 6.23. The molecule has 0 aliphatic rings. The number of rotatable bonds is 9. The maximum Gasteiger partial charge on any atom is 0.254 e. The molecule has 1 heterocycles. The van der Waals surface area contributed by atoms with Crippen molar-refractivity contribution in [1.82, 2.24) is 5.32 Å². The Morgan fingerprint density at radius 3 is 2.67 bits per heavy atom. The number of carbonyl (C=O) groups is 1. The Balaban J connectivity index is 0.00000288. The molecule has 3 N–H and O–H groups in total. The van der Waals surface area contributed by atoms with Crippen molar-refractivity contribution < 1.29 is 18.7 Å². The summed E-state index contributed by atoms with van der Waals surface area (Å²) in [5.41, 5.74) is 7.01. The van der Waals surface area contributed by atoms with Crippen LogP contribution in [-0.4, -0.2) is 26.2 Å². The fourth-order valence-electron chi connectivity index (χ4n) is 2.00. The Hall–Kier alpha value is -2.02. The van der Waals surface area contributed by atoms with Gasteiger partial charge in [-0.15, -0.1) is 12.4 Å². The number of methoxy groups -OCH3 is 1. The van der Waals surface area contributed by atoms with Gasteiger partial charge >= 0.3 is 0 Å². The smallest absolute Gasteiger partial charge is 0.254 e. The van der Waals surface area contributed by atoms with Crippen molar-refractivity contribution in [3.63, 3.8) is 0 Å². The fourth-order valence-corrected chi connectivity index (χ4v) is 2.00. The second-order valence-electron chi connectivity index (χ2n) is 5.02. The Bertz CT molecular complexity index is 613. The lowest BCUT2D eigenvalue weighted by Gasteiger charge is -2.06. The second-order valence-corrected chi connectivity index (χ2v) is 5.02. The molecule has 2 rings (SSSR count). The first-order valence-corrected chi connectivity index (χ1v) is 7.49. The van der Waals surface area contributed by atoms with Crippen molar-refractivity contribution in [2.45, 2.75) is 19.6 Å². The molecular weight excluding hydrogens is 332 g/mol. The van der Waals surface area contributed by atoms with Crippen LogP contribution in [0.25, 0.3) is 0 Å². The van der Waals surface area contributed by atoms with Gasteiger partial charge in [0.05, 0.1) is 25.8 Å². The van der Waals surface area contributed by atoms with Gasteiger partial charge in [0.2, 0.25) is 0 Å². The molecule has 0 saturated carbocycles. The number of hydrogen-bond donors (Lipinski definition) is 2. The summed E-state index contributed by atoms with van der Waals surface area (Å²) in [6, 6.07) is 9.39. The average Bonchev–Trinajstić information content (AvgIpc) is 3.07. The molecule has 1 aromatic carbocycles. The Morgan fingerprint density at radius 1 is 1.29 bits per heavy atom. The second kappa shape index (κ2) is 10.7. The van der Waals surface area contributed by atoms with Crippen LogP contribution in [0.4, 0.5) is 0 Å². The normalized spacial score (nSPS) is 10.1. The standard InChI is InChI=1S/C17H22N2O4.ClH/c1-21-15-5-3-13(4-6-15)11-22-8-2-7-19-17(20)14-9-16(10-18)23-12-14;/h3-6,9,12H,2,7-8,10-11,18H2,1H3,(H,19,20);1H. The summed E-state index contributed by atoms with van der Waals surface area (Å²) in [5.74, 6) is 1.26. The quantitative estimate of drug-likeness (QED) is 0.676. The van der Waals surface area contributed by atoms with Crippen molar-refractivity contribution >= 4 is 18.3 Å². The minimum atomic E-state index is -0.163. The van der Waals surface area contributed by atoms with Crippen molar-refractivity contribution in [2.24, 2.45) is 5.73 Å². The van der Waals surface area contributed by atoms with E-state index in [1.165, 1.54) is 6.26 Å². The first kappa shape index (κ1) is 20.0. The highest BCUT2D eigenvalue weighted by Gasteiger charge is 2.08. The average molecular weight is 355 g/mol. The van der Waals surface area contributed by atoms with E-state index >= 15 is 0 Å². The third-order valence-corrected chi connectivity index (χ3v) is 3.30. The van der Waals surface area contributed by atoms with Crippen LogP contribution in [0.2, 0.25) is 0 Å². The van der Waals surface area contributed by atoms with Gasteiger partial charge in [0.25, 0.3) is 5.91 Å². The predicted molar refractivity (Wildman–Crippen MR) is 93.4 cm³/mol. The van der Waals surface area contributed by atoms with Gasteiger partial charge in [-0.2, -0.15) is 0 Å². The molecule has 1 amide bonds. The van der Waals surface area contributed by atoms with Gasteiger partial charge in [0.15, 0.2) is 0 Å². The van der Waals surface area contributed by atoms with Crippen LogP contribution >= 0.6 is 12.4 Å². The summed E-state index contributed by atoms with van der Waals surface area (Å²) in [6.07, 6.45) is 2.15. The molecule has 2 aromatic rings. The summed E-state index contributed by atoms with van der Waals surface area (Å²) in [4.78, 5) is 11.8. The minimum Gasteiger partial charge on any atom is -0.497 e. The van der Waals surface area contributed by atoms with E-state index in [0.29, 0.717) is 31.1 Å². The van der Waals surface area contributed by atoms with Crippen LogP contribution in [0.1, 0.15) is 28.1 Å². The SMILES string of the molecule is COc1ccc(COCCCNC(=O)c2coc(CN)c2)cc1.Cl. The molecule has 0 saturated heterocycles. The topological polar surface area (TPSA) is 86.7 Å². The van der Waals surface area contributed by atoms with E-state index < -0.39 is 0 Å². The molecule has 132 valence electrons. The number of furan rings is 1. The summed E-state index contributed by atoms with van der Waals surface area (Å²) in [7, 11) is 1.64. The molecule has 0 aliphatic carbocycles. The van der Waals surface area contributed by atoms with E-state index in [1.54, 1.807) is 13.2 Å². The minimum absolute atomic E-state index is 0. The highest BCUT2D eigenvalue weighted by atomic mass is 35.5. The summed E-state index contributed by atoms with van der Waals surface area (Å²) < 4.78 is 15.8. The Labute approximate surface area is 147 Å². The van der Waals surface area contributed by atoms with E-state index in [2.05, 4.69) is 5.32 Å². The molecule has 0 aliphatic heterocycles. The molecule has 0 bridgehead atoms. The Morgan fingerprint density at radius 2 is 2.04 bits per heavy atom. The summed E-state index contributed by atoms with van der Waals surface area (Å²) >= 11 is 0. The molecule has 0 radical (unpaired) electrons. The molecule has 0 spiro atoms. The molecule has 24 heavy (non-hydrogen) atoms. The lowest BCUT2D eigenvalue weighted by Crippen LogP contribution is -2.24. The zero-order chi connectivity index (χ0) is 16.5. The highest BCUT2D eigenvalue weighted by molar-refractivity contribution is 5.93. The monoisotopic (exact) mass is 354 g/mol. The van der Waals surface area contributed by atoms with Crippen molar-refractivity contribution in [2.75, 3.05) is 20.3 Å². The van der Waals surface area contributed by atoms with E-state index in [1.807, 2.05) is 24.3 Å². The van der Waals surface area contributed by atoms with Gasteiger partial charge in [0, 0.05) is 13.2 Å². The fraction of sp³-hybridized carbons (Fsp3) is 0.353. The van der Waals surface area contributed by atoms with Crippen LogP contribution in [0, 0.1) is 0 Å². The Kier molecular flexibility index (Phi) is 8.93. The molecule has 1 aromatic heterocycles. The lowest BCUT2D eigenvalue weighted by atomic mass is 10.2. The lowest BCUT2D eigenvalue weighted by molar-refractivity contribution is 0.0934. The summed E-state index contributed by atoms with van der Waals surface area (Å²) in [6.45, 7) is 1.95. The number of benzene rings is 1. The van der Waals surface area contributed by atoms with Gasteiger partial charge < -0.3 is 24.9 Å². The summed E-state index contributed by atoms with van der Waals surface area (Å²) in [5, 5.41) is 2.81. The van der Waals surface area contributed by atoms with Crippen LogP contribution < -0.4 is 15.8 Å². The largest absolute Gasteiger partial charge is 0.497 e. The van der Waals surface area contributed by atoms with Crippen LogP contribution in [0.5, 0.6) is 5.75 Å². The van der Waals surface area contributed by atoms with E-state index in [9.17, 15) is 4.79 Å². The van der Waals surface area contributed by atoms with Crippen LogP contribution in [-0.2, 0) is 17.9 Å². The van der Waals surface area contributed by atoms with Gasteiger partial charge in [-0.1, -0.05) is 12.1 Å². The first-order chi connectivity index (χ1) is 11.2. The number of ether oxygens (including phenoxy) is 2. The van der Waals surface area contributed by atoms with Crippen LogP contribution in [0.3, 0.4) is 0 Å². The molecule has 7 heteroatoms. The predicted octanol–water partition coefficient (Wildman–Crippen LogP) is 2.51. The number of carbonyl (C=O) groups excluding carboxylic acids is 1. The van der Waals surface area contributed by atoms with Gasteiger partial charge in [-0.05, 0) is 30.2 Å². The highest BCUT2D eigenvalue weighted by Crippen LogP contribution is 2.12. The van der Waals surface area contributed by atoms with Crippen molar-refractivity contribution in [3.8, 4) is 5.75 Å². The number of nitrogens with one attached hydrogen (secondary N) is 1. The third-order valence-electron chi connectivity index (χ3n) is 3.30. The van der Waals surface area contributed by atoms with E-state index in [4.69, 9.17) is 19.6 Å². The van der Waals surface area contributed by atoms with Crippen LogP contribution in [0.15, 0.2) is 41.0 Å². The van der Waals surface area contributed by atoms with Crippen molar-refractivity contribution in [1.29, 1.82) is 0 Å². The number of halogens is 1. The first-order valence-electron chi connectivity index (χ1n) is 7.49. The molecule has 6 nitrogen and oxygen atoms in total. The number of amides is 1. The maximum absolute atomic E-state index is 11.8. The number of hydrogen-bond acceptors (Lipinski definition) is 5. The van der Waals surface area contributed by atoms with E-state index in [-0.39, 0.29) is 24.9 Å². The van der Waals surface area contributed by atoms with E-state index in [0.717, 1.165) is 17.7 Å². The maximum atomic E-state index is 11.8. The van der Waals surface area contributed by atoms with Gasteiger partial charge in [-0.3, -0.25) is 4.79 Å². The molecule has 0 unspecified atom stereocenters.